The van der Waals surface area contributed by atoms with Crippen molar-refractivity contribution in [2.75, 3.05) is 32.8 Å². The molecule has 4 rings (SSSR count). The summed E-state index contributed by atoms with van der Waals surface area (Å²) in [5, 5.41) is 5.06. The number of morpholine rings is 1. The summed E-state index contributed by atoms with van der Waals surface area (Å²) < 4.78 is 7.82. The first-order chi connectivity index (χ1) is 13.3. The van der Waals surface area contributed by atoms with Gasteiger partial charge in [-0.25, -0.2) is 4.99 Å². The summed E-state index contributed by atoms with van der Waals surface area (Å²) in [6.45, 7) is 6.15. The number of thiophene rings is 1. The Balaban J connectivity index is 1.59. The Hall–Kier alpha value is -1.44. The summed E-state index contributed by atoms with van der Waals surface area (Å²) in [5.74, 6) is 0. The van der Waals surface area contributed by atoms with Crippen LogP contribution in [0.4, 0.5) is 5.69 Å². The van der Waals surface area contributed by atoms with Crippen LogP contribution in [0.3, 0.4) is 0 Å². The summed E-state index contributed by atoms with van der Waals surface area (Å²) in [4.78, 5) is 8.83. The van der Waals surface area contributed by atoms with Crippen LogP contribution >= 0.6 is 34.3 Å². The van der Waals surface area contributed by atoms with Gasteiger partial charge in [-0.15, -0.1) is 22.7 Å². The van der Waals surface area contributed by atoms with Crippen molar-refractivity contribution in [1.29, 1.82) is 0 Å². The summed E-state index contributed by atoms with van der Waals surface area (Å²) in [5.41, 5.74) is 2.15. The van der Waals surface area contributed by atoms with Crippen LogP contribution in [-0.2, 0) is 11.3 Å². The average Bonchev–Trinajstić information content (AvgIpc) is 3.33. The topological polar surface area (TPSA) is 31.0 Å². The molecule has 1 saturated heterocycles. The molecule has 2 aromatic heterocycles. The lowest BCUT2D eigenvalue weighted by molar-refractivity contribution is -0.908. The monoisotopic (exact) mass is 420 g/mol. The van der Waals surface area contributed by atoms with E-state index in [-0.39, 0.29) is 0 Å². The number of ether oxygens (including phenoxy) is 1. The van der Waals surface area contributed by atoms with E-state index in [1.165, 1.54) is 17.1 Å². The third kappa shape index (κ3) is 4.89. The molecule has 1 aliphatic heterocycles. The third-order valence-corrected chi connectivity index (χ3v) is 6.71. The predicted octanol–water partition coefficient (Wildman–Crippen LogP) is 3.47. The quantitative estimate of drug-likeness (QED) is 0.650. The Morgan fingerprint density at radius 1 is 1.15 bits per heavy atom. The highest BCUT2D eigenvalue weighted by molar-refractivity contribution is 7.14. The number of nitrogens with one attached hydrogen (secondary N) is 1. The highest BCUT2D eigenvalue weighted by Gasteiger charge is 2.14. The van der Waals surface area contributed by atoms with Crippen molar-refractivity contribution in [3.05, 3.63) is 57.0 Å². The van der Waals surface area contributed by atoms with Crippen molar-refractivity contribution in [3.8, 4) is 10.6 Å². The molecule has 0 atom stereocenters. The predicted molar refractivity (Wildman–Crippen MR) is 113 cm³/mol. The van der Waals surface area contributed by atoms with Crippen molar-refractivity contribution in [1.82, 2.24) is 4.57 Å². The second kappa shape index (κ2) is 9.17. The Kier molecular flexibility index (Phi) is 6.42. The number of thiazole rings is 1. The molecule has 1 aromatic carbocycles. The van der Waals surface area contributed by atoms with Gasteiger partial charge in [0.1, 0.15) is 13.1 Å². The minimum absolute atomic E-state index is 0.716. The largest absolute Gasteiger partial charge is 0.370 e. The zero-order valence-electron chi connectivity index (χ0n) is 15.1. The second-order valence-electron chi connectivity index (χ2n) is 6.59. The van der Waals surface area contributed by atoms with Crippen LogP contribution in [0.25, 0.3) is 10.6 Å². The van der Waals surface area contributed by atoms with Crippen LogP contribution in [0.5, 0.6) is 0 Å². The molecule has 0 bridgehead atoms. The first-order valence-electron chi connectivity index (χ1n) is 9.23. The fraction of sp³-hybridized carbons (Fsp3) is 0.350. The SMILES string of the molecule is Clc1cccc(N=c2scc(-c3cccs3)n2CCC[NH+]2CCOCC2)c1. The Labute approximate surface area is 172 Å². The van der Waals surface area contributed by atoms with Crippen LogP contribution in [0.1, 0.15) is 6.42 Å². The van der Waals surface area contributed by atoms with Crippen molar-refractivity contribution < 1.29 is 9.64 Å². The van der Waals surface area contributed by atoms with E-state index in [9.17, 15) is 0 Å². The van der Waals surface area contributed by atoms with Crippen LogP contribution in [0.2, 0.25) is 5.02 Å². The number of aromatic nitrogens is 1. The highest BCUT2D eigenvalue weighted by atomic mass is 35.5. The summed E-state index contributed by atoms with van der Waals surface area (Å²) >= 11 is 9.60. The van der Waals surface area contributed by atoms with Gasteiger partial charge in [-0.3, -0.25) is 0 Å². The maximum Gasteiger partial charge on any atom is 0.190 e. The molecule has 142 valence electrons. The van der Waals surface area contributed by atoms with Crippen molar-refractivity contribution in [2.24, 2.45) is 4.99 Å². The first-order valence-corrected chi connectivity index (χ1v) is 11.4. The zero-order chi connectivity index (χ0) is 18.5. The number of quaternary nitrogens is 1. The van der Waals surface area contributed by atoms with Gasteiger partial charge in [0.2, 0.25) is 0 Å². The Morgan fingerprint density at radius 3 is 2.81 bits per heavy atom. The van der Waals surface area contributed by atoms with Crippen LogP contribution in [-0.4, -0.2) is 37.4 Å². The van der Waals surface area contributed by atoms with Crippen LogP contribution < -0.4 is 9.70 Å². The van der Waals surface area contributed by atoms with Crippen molar-refractivity contribution in [2.45, 2.75) is 13.0 Å². The van der Waals surface area contributed by atoms with Crippen molar-refractivity contribution >= 4 is 40.0 Å². The number of nitrogens with zero attached hydrogens (tertiary/aromatic N) is 2. The second-order valence-corrected chi connectivity index (χ2v) is 8.81. The van der Waals surface area contributed by atoms with Gasteiger partial charge in [0.15, 0.2) is 4.80 Å². The van der Waals surface area contributed by atoms with Gasteiger partial charge in [-0.05, 0) is 29.6 Å². The highest BCUT2D eigenvalue weighted by Crippen LogP contribution is 2.26. The molecule has 0 unspecified atom stereocenters. The molecule has 1 aliphatic rings. The number of benzene rings is 1. The smallest absolute Gasteiger partial charge is 0.190 e. The number of halogens is 1. The Morgan fingerprint density at radius 2 is 2.04 bits per heavy atom. The number of hydrogen-bond acceptors (Lipinski definition) is 4. The summed E-state index contributed by atoms with van der Waals surface area (Å²) in [7, 11) is 0. The molecule has 0 aliphatic carbocycles. The zero-order valence-corrected chi connectivity index (χ0v) is 17.5. The van der Waals surface area contributed by atoms with Gasteiger partial charge in [0, 0.05) is 23.4 Å². The average molecular weight is 421 g/mol. The molecule has 4 nitrogen and oxygen atoms in total. The molecule has 27 heavy (non-hydrogen) atoms. The van der Waals surface area contributed by atoms with E-state index in [2.05, 4.69) is 27.5 Å². The lowest BCUT2D eigenvalue weighted by Gasteiger charge is -2.23. The van der Waals surface area contributed by atoms with Crippen LogP contribution in [0.15, 0.2) is 52.2 Å². The molecule has 7 heteroatoms. The van der Waals surface area contributed by atoms with E-state index in [1.54, 1.807) is 27.6 Å². The Bertz CT molecular complexity index is 927. The summed E-state index contributed by atoms with van der Waals surface area (Å²) in [6.07, 6.45) is 1.13. The number of rotatable bonds is 6. The fourth-order valence-corrected chi connectivity index (χ4v) is 5.27. The normalized spacial score (nSPS) is 16.1. The van der Waals surface area contributed by atoms with Gasteiger partial charge in [0.25, 0.3) is 0 Å². The molecule has 0 saturated carbocycles. The van der Waals surface area contributed by atoms with Gasteiger partial charge in [-0.1, -0.05) is 23.7 Å². The van der Waals surface area contributed by atoms with E-state index in [4.69, 9.17) is 21.3 Å². The standard InChI is InChI=1S/C20H22ClN3OS2/c21-16-4-1-5-17(14-16)22-20-24(8-3-7-23-9-11-25-12-10-23)18(15-27-20)19-6-2-13-26-19/h1-2,4-6,13-15H,3,7-12H2/p+1. The molecular formula is C20H23ClN3OS2+. The summed E-state index contributed by atoms with van der Waals surface area (Å²) in [6, 6.07) is 12.0. The lowest BCUT2D eigenvalue weighted by atomic mass is 10.3. The van der Waals surface area contributed by atoms with Gasteiger partial charge in [-0.2, -0.15) is 0 Å². The van der Waals surface area contributed by atoms with Gasteiger partial charge in [0.05, 0.1) is 36.0 Å². The van der Waals surface area contributed by atoms with E-state index in [1.807, 2.05) is 24.3 Å². The molecule has 1 N–H and O–H groups in total. The van der Waals surface area contributed by atoms with E-state index >= 15 is 0 Å². The van der Waals surface area contributed by atoms with Crippen molar-refractivity contribution in [3.63, 3.8) is 0 Å². The number of hydrogen-bond donors (Lipinski definition) is 1. The van der Waals surface area contributed by atoms with Gasteiger partial charge >= 0.3 is 0 Å². The van der Waals surface area contributed by atoms with E-state index < -0.39 is 0 Å². The maximum absolute atomic E-state index is 6.13. The minimum atomic E-state index is 0.716. The third-order valence-electron chi connectivity index (χ3n) is 4.72. The van der Waals surface area contributed by atoms with Gasteiger partial charge < -0.3 is 14.2 Å². The molecule has 0 amide bonds. The first kappa shape index (κ1) is 18.9. The molecule has 3 heterocycles. The van der Waals surface area contributed by atoms with Crippen LogP contribution in [0, 0.1) is 0 Å². The molecular weight excluding hydrogens is 398 g/mol. The van der Waals surface area contributed by atoms with E-state index in [0.29, 0.717) is 5.02 Å². The minimum Gasteiger partial charge on any atom is -0.370 e. The molecule has 0 radical (unpaired) electrons. The van der Waals surface area contributed by atoms with E-state index in [0.717, 1.165) is 49.8 Å². The lowest BCUT2D eigenvalue weighted by Crippen LogP contribution is -3.14. The fourth-order valence-electron chi connectivity index (χ4n) is 3.31. The molecule has 0 spiro atoms. The molecule has 1 fully saturated rings. The maximum atomic E-state index is 6.13. The molecule has 3 aromatic rings.